The lowest BCUT2D eigenvalue weighted by atomic mass is 10.1. The number of nitrogens with one attached hydrogen (secondary N) is 1. The molecule has 0 aliphatic rings. The van der Waals surface area contributed by atoms with Gasteiger partial charge in [-0.1, -0.05) is 22.0 Å². The zero-order valence-electron chi connectivity index (χ0n) is 11.8. The number of benzene rings is 2. The lowest BCUT2D eigenvalue weighted by Crippen LogP contribution is -2.14. The third-order valence-corrected chi connectivity index (χ3v) is 4.08. The van der Waals surface area contributed by atoms with Crippen molar-refractivity contribution in [1.29, 1.82) is 0 Å². The molecule has 2 rings (SSSR count). The summed E-state index contributed by atoms with van der Waals surface area (Å²) < 4.78 is 0.927. The lowest BCUT2D eigenvalue weighted by Gasteiger charge is -2.13. The Balaban J connectivity index is 2.30. The van der Waals surface area contributed by atoms with E-state index in [1.54, 1.807) is 0 Å². The summed E-state index contributed by atoms with van der Waals surface area (Å²) >= 11 is 3.44. The predicted molar refractivity (Wildman–Crippen MR) is 87.2 cm³/mol. The number of anilines is 2. The van der Waals surface area contributed by atoms with E-state index in [9.17, 15) is 4.79 Å². The van der Waals surface area contributed by atoms with Crippen LogP contribution in [-0.2, 0) is 0 Å². The number of aryl methyl sites for hydroxylation is 3. The minimum atomic E-state index is -0.123. The molecule has 0 aromatic heterocycles. The molecule has 0 bridgehead atoms. The molecular formula is C16H17BrN2O. The highest BCUT2D eigenvalue weighted by molar-refractivity contribution is 9.10. The number of halogens is 1. The molecule has 0 aliphatic heterocycles. The summed E-state index contributed by atoms with van der Waals surface area (Å²) in [5.74, 6) is -0.123. The van der Waals surface area contributed by atoms with E-state index in [1.807, 2.05) is 51.1 Å². The second-order valence-corrected chi connectivity index (χ2v) is 5.80. The van der Waals surface area contributed by atoms with Gasteiger partial charge in [0.15, 0.2) is 0 Å². The molecule has 0 aliphatic carbocycles. The second kappa shape index (κ2) is 5.67. The van der Waals surface area contributed by atoms with Crippen LogP contribution in [-0.4, -0.2) is 5.91 Å². The third-order valence-electron chi connectivity index (χ3n) is 3.23. The topological polar surface area (TPSA) is 55.1 Å². The Kier molecular flexibility index (Phi) is 4.14. The van der Waals surface area contributed by atoms with Gasteiger partial charge in [0.2, 0.25) is 0 Å². The van der Waals surface area contributed by atoms with Crippen molar-refractivity contribution in [2.75, 3.05) is 11.1 Å². The Labute approximate surface area is 127 Å². The van der Waals surface area contributed by atoms with Crippen molar-refractivity contribution in [2.24, 2.45) is 0 Å². The maximum absolute atomic E-state index is 12.3. The van der Waals surface area contributed by atoms with Gasteiger partial charge in [0.05, 0.1) is 0 Å². The van der Waals surface area contributed by atoms with E-state index in [2.05, 4.69) is 21.2 Å². The van der Waals surface area contributed by atoms with Crippen LogP contribution in [0.1, 0.15) is 27.0 Å². The molecule has 2 aromatic carbocycles. The number of amides is 1. The van der Waals surface area contributed by atoms with E-state index in [0.717, 1.165) is 26.9 Å². The normalized spacial score (nSPS) is 10.4. The molecule has 104 valence electrons. The molecule has 0 fully saturated rings. The molecule has 0 spiro atoms. The first-order valence-electron chi connectivity index (χ1n) is 6.32. The third kappa shape index (κ3) is 3.02. The van der Waals surface area contributed by atoms with Crippen molar-refractivity contribution in [2.45, 2.75) is 20.8 Å². The van der Waals surface area contributed by atoms with Crippen LogP contribution in [0.15, 0.2) is 34.8 Å². The molecule has 3 nitrogen and oxygen atoms in total. The van der Waals surface area contributed by atoms with E-state index in [0.29, 0.717) is 11.3 Å². The molecule has 4 heteroatoms. The smallest absolute Gasteiger partial charge is 0.255 e. The van der Waals surface area contributed by atoms with E-state index >= 15 is 0 Å². The van der Waals surface area contributed by atoms with Crippen molar-refractivity contribution in [1.82, 2.24) is 0 Å². The molecule has 1 amide bonds. The molecular weight excluding hydrogens is 316 g/mol. The van der Waals surface area contributed by atoms with Gasteiger partial charge in [0, 0.05) is 21.4 Å². The molecule has 0 saturated heterocycles. The molecule has 0 radical (unpaired) electrons. The van der Waals surface area contributed by atoms with Gasteiger partial charge >= 0.3 is 0 Å². The second-order valence-electron chi connectivity index (χ2n) is 4.95. The van der Waals surface area contributed by atoms with E-state index in [-0.39, 0.29) is 5.91 Å². The highest BCUT2D eigenvalue weighted by Crippen LogP contribution is 2.24. The summed E-state index contributed by atoms with van der Waals surface area (Å²) in [7, 11) is 0. The van der Waals surface area contributed by atoms with Crippen LogP contribution in [0.25, 0.3) is 0 Å². The molecule has 3 N–H and O–H groups in total. The number of nitrogen functional groups attached to an aromatic ring is 1. The summed E-state index contributed by atoms with van der Waals surface area (Å²) in [6.07, 6.45) is 0. The van der Waals surface area contributed by atoms with Crippen molar-refractivity contribution in [3.8, 4) is 0 Å². The molecule has 0 heterocycles. The van der Waals surface area contributed by atoms with Crippen LogP contribution in [0.5, 0.6) is 0 Å². The van der Waals surface area contributed by atoms with Crippen molar-refractivity contribution >= 4 is 33.2 Å². The Morgan fingerprint density at radius 1 is 1.05 bits per heavy atom. The van der Waals surface area contributed by atoms with E-state index in [1.165, 1.54) is 0 Å². The minimum absolute atomic E-state index is 0.123. The van der Waals surface area contributed by atoms with Crippen molar-refractivity contribution in [3.05, 3.63) is 57.1 Å². The van der Waals surface area contributed by atoms with Gasteiger partial charge in [-0.25, -0.2) is 0 Å². The van der Waals surface area contributed by atoms with Crippen LogP contribution in [0.4, 0.5) is 11.4 Å². The van der Waals surface area contributed by atoms with Crippen molar-refractivity contribution in [3.63, 3.8) is 0 Å². The zero-order valence-corrected chi connectivity index (χ0v) is 13.3. The maximum Gasteiger partial charge on any atom is 0.255 e. The first-order valence-corrected chi connectivity index (χ1v) is 7.12. The Bertz CT molecular complexity index is 657. The van der Waals surface area contributed by atoms with Gasteiger partial charge < -0.3 is 11.1 Å². The zero-order chi connectivity index (χ0) is 14.9. The first-order chi connectivity index (χ1) is 9.38. The number of hydrogen-bond acceptors (Lipinski definition) is 2. The fourth-order valence-electron chi connectivity index (χ4n) is 2.11. The number of nitrogens with two attached hydrogens (primary N) is 1. The van der Waals surface area contributed by atoms with Crippen LogP contribution >= 0.6 is 15.9 Å². The maximum atomic E-state index is 12.3. The SMILES string of the molecule is Cc1ccc(C(=O)Nc2c(C)cc(N)cc2C)cc1Br. The van der Waals surface area contributed by atoms with Gasteiger partial charge in [0.25, 0.3) is 5.91 Å². The number of carbonyl (C=O) groups excluding carboxylic acids is 1. The monoisotopic (exact) mass is 332 g/mol. The van der Waals surface area contributed by atoms with Crippen molar-refractivity contribution < 1.29 is 4.79 Å². The largest absolute Gasteiger partial charge is 0.399 e. The summed E-state index contributed by atoms with van der Waals surface area (Å²) in [5.41, 5.74) is 11.0. The van der Waals surface area contributed by atoms with Gasteiger partial charge in [0.1, 0.15) is 0 Å². The van der Waals surface area contributed by atoms with Crippen LogP contribution in [0.2, 0.25) is 0 Å². The molecule has 0 atom stereocenters. The quantitative estimate of drug-likeness (QED) is 0.809. The van der Waals surface area contributed by atoms with E-state index in [4.69, 9.17) is 5.73 Å². The van der Waals surface area contributed by atoms with Crippen LogP contribution in [0, 0.1) is 20.8 Å². The van der Waals surface area contributed by atoms with Gasteiger partial charge in [-0.15, -0.1) is 0 Å². The standard InChI is InChI=1S/C16H17BrN2O/c1-9-4-5-12(8-14(9)17)16(20)19-15-10(2)6-13(18)7-11(15)3/h4-8H,18H2,1-3H3,(H,19,20). The summed E-state index contributed by atoms with van der Waals surface area (Å²) in [5, 5.41) is 2.95. The highest BCUT2D eigenvalue weighted by Gasteiger charge is 2.11. The molecule has 0 saturated carbocycles. The van der Waals surface area contributed by atoms with Gasteiger partial charge in [-0.05, 0) is 61.7 Å². The predicted octanol–water partition coefficient (Wildman–Crippen LogP) is 4.21. The minimum Gasteiger partial charge on any atom is -0.399 e. The number of rotatable bonds is 2. The summed E-state index contributed by atoms with van der Waals surface area (Å²) in [4.78, 5) is 12.3. The molecule has 2 aromatic rings. The molecule has 20 heavy (non-hydrogen) atoms. The number of hydrogen-bond donors (Lipinski definition) is 2. The Morgan fingerprint density at radius 3 is 2.20 bits per heavy atom. The van der Waals surface area contributed by atoms with Crippen LogP contribution < -0.4 is 11.1 Å². The summed E-state index contributed by atoms with van der Waals surface area (Å²) in [6.45, 7) is 5.86. The average Bonchev–Trinajstić information content (AvgIpc) is 2.36. The summed E-state index contributed by atoms with van der Waals surface area (Å²) in [6, 6.07) is 9.27. The lowest BCUT2D eigenvalue weighted by molar-refractivity contribution is 0.102. The van der Waals surface area contributed by atoms with Crippen LogP contribution in [0.3, 0.4) is 0 Å². The van der Waals surface area contributed by atoms with Gasteiger partial charge in [-0.2, -0.15) is 0 Å². The van der Waals surface area contributed by atoms with Gasteiger partial charge in [-0.3, -0.25) is 4.79 Å². The Hall–Kier alpha value is -1.81. The fourth-order valence-corrected chi connectivity index (χ4v) is 2.49. The highest BCUT2D eigenvalue weighted by atomic mass is 79.9. The fraction of sp³-hybridized carbons (Fsp3) is 0.188. The first kappa shape index (κ1) is 14.6. The molecule has 0 unspecified atom stereocenters. The average molecular weight is 333 g/mol. The Morgan fingerprint density at radius 2 is 1.65 bits per heavy atom. The number of carbonyl (C=O) groups is 1. The van der Waals surface area contributed by atoms with E-state index < -0.39 is 0 Å².